The van der Waals surface area contributed by atoms with E-state index in [9.17, 15) is 10.1 Å². The summed E-state index contributed by atoms with van der Waals surface area (Å²) in [4.78, 5) is 13.0. The van der Waals surface area contributed by atoms with Crippen molar-refractivity contribution in [3.05, 3.63) is 112 Å². The average molecular weight is 365 g/mol. The molecule has 0 radical (unpaired) electrons. The average Bonchev–Trinajstić information content (AvgIpc) is 2.74. The second-order valence-corrected chi connectivity index (χ2v) is 6.80. The van der Waals surface area contributed by atoms with Gasteiger partial charge in [-0.3, -0.25) is 4.79 Å². The fourth-order valence-electron chi connectivity index (χ4n) is 3.56. The molecule has 1 heterocycles. The number of rotatable bonds is 4. The molecule has 4 rings (SSSR count). The van der Waals surface area contributed by atoms with Crippen LogP contribution in [-0.4, -0.2) is 9.78 Å². The van der Waals surface area contributed by atoms with Crippen molar-refractivity contribution in [1.29, 1.82) is 5.26 Å². The Balaban J connectivity index is 1.74. The number of hydrogen-bond donors (Lipinski definition) is 0. The summed E-state index contributed by atoms with van der Waals surface area (Å²) in [5, 5.41) is 16.3. The molecule has 0 aliphatic carbocycles. The highest BCUT2D eigenvalue weighted by atomic mass is 16.1. The lowest BCUT2D eigenvalue weighted by atomic mass is 9.91. The van der Waals surface area contributed by atoms with Gasteiger partial charge < -0.3 is 0 Å². The van der Waals surface area contributed by atoms with Crippen LogP contribution in [0.4, 0.5) is 0 Å². The first-order valence-corrected chi connectivity index (χ1v) is 9.17. The Morgan fingerprint density at radius 2 is 1.71 bits per heavy atom. The van der Waals surface area contributed by atoms with Crippen LogP contribution in [0.15, 0.2) is 83.8 Å². The number of fused-ring (bicyclic) bond motifs is 1. The van der Waals surface area contributed by atoms with Crippen molar-refractivity contribution >= 4 is 10.8 Å². The molecule has 1 atom stereocenters. The molecule has 4 aromatic rings. The third-order valence-electron chi connectivity index (χ3n) is 5.10. The van der Waals surface area contributed by atoms with Crippen LogP contribution in [0.1, 0.15) is 28.2 Å². The van der Waals surface area contributed by atoms with E-state index < -0.39 is 5.92 Å². The largest absolute Gasteiger partial charge is 0.270 e. The summed E-state index contributed by atoms with van der Waals surface area (Å²) in [6.07, 6.45) is 1.66. The molecule has 4 nitrogen and oxygen atoms in total. The molecule has 1 aromatic heterocycles. The molecule has 0 fully saturated rings. The molecule has 0 N–H and O–H groups in total. The van der Waals surface area contributed by atoms with E-state index in [1.165, 1.54) is 4.68 Å². The van der Waals surface area contributed by atoms with Gasteiger partial charge >= 0.3 is 0 Å². The maximum atomic E-state index is 13.0. The second kappa shape index (κ2) is 7.50. The maximum Gasteiger partial charge on any atom is 0.270 e. The molecule has 0 bridgehead atoms. The number of nitrogens with zero attached hydrogens (tertiary/aromatic N) is 3. The van der Waals surface area contributed by atoms with Crippen molar-refractivity contribution in [2.45, 2.75) is 19.4 Å². The Morgan fingerprint density at radius 1 is 1.00 bits per heavy atom. The van der Waals surface area contributed by atoms with Gasteiger partial charge in [0, 0.05) is 11.1 Å². The molecule has 0 saturated heterocycles. The summed E-state index contributed by atoms with van der Waals surface area (Å²) in [7, 11) is 0. The maximum absolute atomic E-state index is 13.0. The predicted octanol–water partition coefficient (Wildman–Crippen LogP) is 4.41. The van der Waals surface area contributed by atoms with Crippen LogP contribution in [0.3, 0.4) is 0 Å². The van der Waals surface area contributed by atoms with E-state index in [0.717, 1.165) is 21.9 Å². The van der Waals surface area contributed by atoms with Crippen LogP contribution >= 0.6 is 0 Å². The van der Waals surface area contributed by atoms with Gasteiger partial charge in [-0.05, 0) is 28.8 Å². The van der Waals surface area contributed by atoms with Crippen molar-refractivity contribution in [1.82, 2.24) is 9.78 Å². The summed E-state index contributed by atoms with van der Waals surface area (Å²) >= 11 is 0. The van der Waals surface area contributed by atoms with E-state index in [2.05, 4.69) is 29.4 Å². The molecule has 0 saturated carbocycles. The minimum Gasteiger partial charge on any atom is -0.267 e. The summed E-state index contributed by atoms with van der Waals surface area (Å²) in [6, 6.07) is 26.0. The molecular formula is C24H19N3O. The van der Waals surface area contributed by atoms with Crippen molar-refractivity contribution in [2.75, 3.05) is 0 Å². The first-order valence-electron chi connectivity index (χ1n) is 9.17. The fraction of sp³-hybridized carbons (Fsp3) is 0.125. The molecule has 136 valence electrons. The SMILES string of the molecule is Cc1c(C(C#N)c2ccccc2)cnn(Cc2cccc3ccccc23)c1=O. The molecule has 0 amide bonds. The normalized spacial score (nSPS) is 11.9. The van der Waals surface area contributed by atoms with Gasteiger partial charge in [-0.2, -0.15) is 10.4 Å². The van der Waals surface area contributed by atoms with Gasteiger partial charge in [-0.1, -0.05) is 72.8 Å². The van der Waals surface area contributed by atoms with Crippen LogP contribution in [-0.2, 0) is 6.54 Å². The molecule has 0 aliphatic heterocycles. The minimum atomic E-state index is -0.506. The van der Waals surface area contributed by atoms with Gasteiger partial charge in [0.05, 0.1) is 24.7 Å². The quantitative estimate of drug-likeness (QED) is 0.538. The highest BCUT2D eigenvalue weighted by molar-refractivity contribution is 5.85. The Morgan fingerprint density at radius 3 is 2.50 bits per heavy atom. The van der Waals surface area contributed by atoms with Crippen LogP contribution in [0.2, 0.25) is 0 Å². The zero-order valence-corrected chi connectivity index (χ0v) is 15.5. The van der Waals surface area contributed by atoms with Gasteiger partial charge in [0.1, 0.15) is 0 Å². The first kappa shape index (κ1) is 17.7. The van der Waals surface area contributed by atoms with Crippen molar-refractivity contribution in [3.8, 4) is 6.07 Å². The lowest BCUT2D eigenvalue weighted by molar-refractivity contribution is 0.629. The lowest BCUT2D eigenvalue weighted by Gasteiger charge is -2.14. The molecule has 4 heteroatoms. The van der Waals surface area contributed by atoms with Gasteiger partial charge in [0.25, 0.3) is 5.56 Å². The molecule has 3 aromatic carbocycles. The highest BCUT2D eigenvalue weighted by Gasteiger charge is 2.19. The summed E-state index contributed by atoms with van der Waals surface area (Å²) < 4.78 is 1.47. The highest BCUT2D eigenvalue weighted by Crippen LogP contribution is 2.25. The monoisotopic (exact) mass is 365 g/mol. The van der Waals surface area contributed by atoms with Crippen LogP contribution in [0, 0.1) is 18.3 Å². The van der Waals surface area contributed by atoms with E-state index in [1.54, 1.807) is 13.1 Å². The van der Waals surface area contributed by atoms with E-state index >= 15 is 0 Å². The van der Waals surface area contributed by atoms with Crippen LogP contribution < -0.4 is 5.56 Å². The Bertz CT molecular complexity index is 1230. The number of nitriles is 1. The van der Waals surface area contributed by atoms with Gasteiger partial charge in [-0.25, -0.2) is 4.68 Å². The predicted molar refractivity (Wildman–Crippen MR) is 110 cm³/mol. The summed E-state index contributed by atoms with van der Waals surface area (Å²) in [5.74, 6) is -0.506. The Hall–Kier alpha value is -3.71. The topological polar surface area (TPSA) is 58.7 Å². The van der Waals surface area contributed by atoms with Gasteiger partial charge in [-0.15, -0.1) is 0 Å². The third kappa shape index (κ3) is 3.19. The van der Waals surface area contributed by atoms with E-state index in [4.69, 9.17) is 0 Å². The molecule has 0 spiro atoms. The molecule has 1 unspecified atom stereocenters. The standard InChI is InChI=1S/C24H19N3O/c1-17-23(22(14-25)19-8-3-2-4-9-19)15-26-27(24(17)28)16-20-12-7-11-18-10-5-6-13-21(18)20/h2-13,15,22H,16H2,1H3. The lowest BCUT2D eigenvalue weighted by Crippen LogP contribution is -2.27. The zero-order valence-electron chi connectivity index (χ0n) is 15.5. The zero-order chi connectivity index (χ0) is 19.5. The van der Waals surface area contributed by atoms with Gasteiger partial charge in [0.2, 0.25) is 0 Å². The number of aromatic nitrogens is 2. The molecule has 0 aliphatic rings. The first-order chi connectivity index (χ1) is 13.7. The molecule has 28 heavy (non-hydrogen) atoms. The van der Waals surface area contributed by atoms with Gasteiger partial charge in [0.15, 0.2) is 0 Å². The van der Waals surface area contributed by atoms with Crippen molar-refractivity contribution < 1.29 is 0 Å². The van der Waals surface area contributed by atoms with E-state index in [0.29, 0.717) is 17.7 Å². The van der Waals surface area contributed by atoms with Crippen molar-refractivity contribution in [3.63, 3.8) is 0 Å². The van der Waals surface area contributed by atoms with Crippen LogP contribution in [0.25, 0.3) is 10.8 Å². The third-order valence-corrected chi connectivity index (χ3v) is 5.10. The van der Waals surface area contributed by atoms with E-state index in [1.807, 2.05) is 54.6 Å². The second-order valence-electron chi connectivity index (χ2n) is 6.80. The summed E-state index contributed by atoms with van der Waals surface area (Å²) in [6.45, 7) is 2.16. The number of hydrogen-bond acceptors (Lipinski definition) is 3. The minimum absolute atomic E-state index is 0.165. The Labute approximate surface area is 163 Å². The van der Waals surface area contributed by atoms with Crippen molar-refractivity contribution in [2.24, 2.45) is 0 Å². The summed E-state index contributed by atoms with van der Waals surface area (Å²) in [5.41, 5.74) is 2.96. The molecular weight excluding hydrogens is 346 g/mol. The smallest absolute Gasteiger partial charge is 0.267 e. The van der Waals surface area contributed by atoms with E-state index in [-0.39, 0.29) is 5.56 Å². The fourth-order valence-corrected chi connectivity index (χ4v) is 3.56. The van der Waals surface area contributed by atoms with Crippen LogP contribution in [0.5, 0.6) is 0 Å². The number of benzene rings is 3. The Kier molecular flexibility index (Phi) is 4.74.